The number of hydrogen-bond donors (Lipinski definition) is 2. The molecule has 6 nitrogen and oxygen atoms in total. The van der Waals surface area contributed by atoms with Crippen LogP contribution in [0.1, 0.15) is 26.7 Å². The van der Waals surface area contributed by atoms with Gasteiger partial charge in [0.1, 0.15) is 5.82 Å². The van der Waals surface area contributed by atoms with Crippen LogP contribution in [0, 0.1) is 11.7 Å². The van der Waals surface area contributed by atoms with Crippen LogP contribution < -0.4 is 10.6 Å². The predicted octanol–water partition coefficient (Wildman–Crippen LogP) is 3.78. The number of aromatic nitrogens is 2. The molecule has 1 aromatic heterocycles. The minimum atomic E-state index is -0.483. The lowest BCUT2D eigenvalue weighted by atomic mass is 10.0. The lowest BCUT2D eigenvalue weighted by Gasteiger charge is -2.09. The Morgan fingerprint density at radius 3 is 2.60 bits per heavy atom. The number of nitrogens with zero attached hydrogens (tertiary/aromatic N) is 2. The van der Waals surface area contributed by atoms with Crippen LogP contribution in [0.25, 0.3) is 0 Å². The molecule has 0 aliphatic heterocycles. The first kappa shape index (κ1) is 19.3. The van der Waals surface area contributed by atoms with Crippen molar-refractivity contribution in [1.29, 1.82) is 0 Å². The van der Waals surface area contributed by atoms with E-state index in [0.717, 1.165) is 12.8 Å². The molecule has 25 heavy (non-hydrogen) atoms. The van der Waals surface area contributed by atoms with E-state index >= 15 is 0 Å². The average molecular weight is 382 g/mol. The Balaban J connectivity index is 1.84. The molecule has 0 atom stereocenters. The van der Waals surface area contributed by atoms with Crippen molar-refractivity contribution < 1.29 is 14.0 Å². The van der Waals surface area contributed by atoms with E-state index in [9.17, 15) is 14.0 Å². The van der Waals surface area contributed by atoms with E-state index in [2.05, 4.69) is 20.8 Å². The maximum absolute atomic E-state index is 13.5. The Hall–Kier alpha value is -2.00. The highest BCUT2D eigenvalue weighted by molar-refractivity contribution is 8.01. The van der Waals surface area contributed by atoms with Crippen molar-refractivity contribution in [3.63, 3.8) is 0 Å². The maximum Gasteiger partial charge on any atom is 0.234 e. The standard InChI is InChI=1S/C16H19FN4O2S2/c1-3-10(4-2)14(23)19-15-20-21-16(25-15)24-9-13(22)18-12-8-6-5-7-11(12)17/h5-8,10H,3-4,9H2,1-2H3,(H,18,22)(H,19,20,23). The first-order valence-electron chi connectivity index (χ1n) is 7.85. The highest BCUT2D eigenvalue weighted by atomic mass is 32.2. The van der Waals surface area contributed by atoms with Gasteiger partial charge in [-0.3, -0.25) is 9.59 Å². The zero-order chi connectivity index (χ0) is 18.2. The molecule has 0 aliphatic carbocycles. The van der Waals surface area contributed by atoms with Gasteiger partial charge in [0.05, 0.1) is 11.4 Å². The lowest BCUT2D eigenvalue weighted by molar-refractivity contribution is -0.120. The molecule has 1 aromatic carbocycles. The van der Waals surface area contributed by atoms with Gasteiger partial charge in [-0.05, 0) is 25.0 Å². The Morgan fingerprint density at radius 2 is 1.92 bits per heavy atom. The molecule has 2 rings (SSSR count). The molecule has 134 valence electrons. The van der Waals surface area contributed by atoms with E-state index in [4.69, 9.17) is 0 Å². The van der Waals surface area contributed by atoms with Crippen molar-refractivity contribution in [3.8, 4) is 0 Å². The highest BCUT2D eigenvalue weighted by Gasteiger charge is 2.16. The van der Waals surface area contributed by atoms with Crippen molar-refractivity contribution in [2.24, 2.45) is 5.92 Å². The minimum absolute atomic E-state index is 0.0495. The summed E-state index contributed by atoms with van der Waals surface area (Å²) < 4.78 is 14.0. The number of carbonyl (C=O) groups is 2. The summed E-state index contributed by atoms with van der Waals surface area (Å²) in [5.74, 6) is -0.874. The molecule has 2 N–H and O–H groups in total. The number of benzene rings is 1. The van der Waals surface area contributed by atoms with Crippen molar-refractivity contribution in [1.82, 2.24) is 10.2 Å². The molecule has 0 radical (unpaired) electrons. The summed E-state index contributed by atoms with van der Waals surface area (Å²) in [6, 6.07) is 5.97. The van der Waals surface area contributed by atoms with Gasteiger partial charge < -0.3 is 10.6 Å². The third-order valence-electron chi connectivity index (χ3n) is 3.47. The summed E-state index contributed by atoms with van der Waals surface area (Å²) in [5.41, 5.74) is 0.142. The molecule has 0 bridgehead atoms. The van der Waals surface area contributed by atoms with E-state index in [1.165, 1.54) is 35.2 Å². The largest absolute Gasteiger partial charge is 0.323 e. The second-order valence-electron chi connectivity index (χ2n) is 5.19. The number of anilines is 2. The van der Waals surface area contributed by atoms with Gasteiger partial charge in [-0.1, -0.05) is 49.1 Å². The van der Waals surface area contributed by atoms with Crippen molar-refractivity contribution in [2.45, 2.75) is 31.0 Å². The third-order valence-corrected chi connectivity index (χ3v) is 5.44. The van der Waals surface area contributed by atoms with Crippen LogP contribution in [-0.2, 0) is 9.59 Å². The number of para-hydroxylation sites is 1. The summed E-state index contributed by atoms with van der Waals surface area (Å²) in [6.45, 7) is 3.92. The number of nitrogens with one attached hydrogen (secondary N) is 2. The second-order valence-corrected chi connectivity index (χ2v) is 7.39. The van der Waals surface area contributed by atoms with Gasteiger partial charge in [0.15, 0.2) is 4.34 Å². The monoisotopic (exact) mass is 382 g/mol. The Morgan fingerprint density at radius 1 is 1.20 bits per heavy atom. The summed E-state index contributed by atoms with van der Waals surface area (Å²) in [6.07, 6.45) is 1.53. The smallest absolute Gasteiger partial charge is 0.234 e. The number of hydrogen-bond acceptors (Lipinski definition) is 6. The van der Waals surface area contributed by atoms with Gasteiger partial charge in [-0.2, -0.15) is 0 Å². The van der Waals surface area contributed by atoms with Crippen LogP contribution in [0.4, 0.5) is 15.2 Å². The van der Waals surface area contributed by atoms with E-state index < -0.39 is 5.82 Å². The summed E-state index contributed by atoms with van der Waals surface area (Å²) in [7, 11) is 0. The molecule has 0 saturated heterocycles. The average Bonchev–Trinajstić information content (AvgIpc) is 3.03. The molecule has 0 aliphatic rings. The van der Waals surface area contributed by atoms with E-state index in [-0.39, 0.29) is 29.2 Å². The van der Waals surface area contributed by atoms with Gasteiger partial charge in [0.25, 0.3) is 0 Å². The van der Waals surface area contributed by atoms with Crippen LogP contribution in [0.3, 0.4) is 0 Å². The van der Waals surface area contributed by atoms with E-state index in [1.807, 2.05) is 13.8 Å². The number of halogens is 1. The third kappa shape index (κ3) is 5.79. The molecular formula is C16H19FN4O2S2. The molecule has 2 aromatic rings. The number of thioether (sulfide) groups is 1. The van der Waals surface area contributed by atoms with Gasteiger partial charge in [-0.25, -0.2) is 4.39 Å². The summed E-state index contributed by atoms with van der Waals surface area (Å²) in [4.78, 5) is 23.9. The van der Waals surface area contributed by atoms with Gasteiger partial charge in [0, 0.05) is 5.92 Å². The minimum Gasteiger partial charge on any atom is -0.323 e. The fourth-order valence-corrected chi connectivity index (χ4v) is 3.62. The van der Waals surface area contributed by atoms with Crippen LogP contribution in [0.5, 0.6) is 0 Å². The lowest BCUT2D eigenvalue weighted by Crippen LogP contribution is -2.21. The van der Waals surface area contributed by atoms with Crippen molar-refractivity contribution in [2.75, 3.05) is 16.4 Å². The molecule has 0 unspecified atom stereocenters. The van der Waals surface area contributed by atoms with Gasteiger partial charge in [-0.15, -0.1) is 10.2 Å². The zero-order valence-electron chi connectivity index (χ0n) is 13.9. The molecular weight excluding hydrogens is 363 g/mol. The molecule has 9 heteroatoms. The second kappa shape index (κ2) is 9.47. The molecule has 0 saturated carbocycles. The SMILES string of the molecule is CCC(CC)C(=O)Nc1nnc(SCC(=O)Nc2ccccc2F)s1. The highest BCUT2D eigenvalue weighted by Crippen LogP contribution is 2.26. The first-order chi connectivity index (χ1) is 12.0. The van der Waals surface area contributed by atoms with Gasteiger partial charge >= 0.3 is 0 Å². The van der Waals surface area contributed by atoms with E-state index in [0.29, 0.717) is 9.47 Å². The first-order valence-corrected chi connectivity index (χ1v) is 9.65. The molecule has 0 fully saturated rings. The molecule has 2 amide bonds. The maximum atomic E-state index is 13.5. The van der Waals surface area contributed by atoms with Crippen molar-refractivity contribution >= 4 is 45.7 Å². The van der Waals surface area contributed by atoms with E-state index in [1.54, 1.807) is 12.1 Å². The normalized spacial score (nSPS) is 10.7. The summed E-state index contributed by atoms with van der Waals surface area (Å²) >= 11 is 2.39. The van der Waals surface area contributed by atoms with Crippen LogP contribution >= 0.6 is 23.1 Å². The number of rotatable bonds is 8. The van der Waals surface area contributed by atoms with Gasteiger partial charge in [0.2, 0.25) is 16.9 Å². The Kier molecular flexibility index (Phi) is 7.32. The Bertz CT molecular complexity index is 734. The quantitative estimate of drug-likeness (QED) is 0.536. The number of carbonyl (C=O) groups excluding carboxylic acids is 2. The number of amides is 2. The fourth-order valence-electron chi connectivity index (χ4n) is 2.06. The Labute approximate surface area is 153 Å². The summed E-state index contributed by atoms with van der Waals surface area (Å²) in [5, 5.41) is 13.5. The predicted molar refractivity (Wildman–Crippen MR) is 98.4 cm³/mol. The zero-order valence-corrected chi connectivity index (χ0v) is 15.5. The van der Waals surface area contributed by atoms with Crippen LogP contribution in [0.2, 0.25) is 0 Å². The van der Waals surface area contributed by atoms with Crippen LogP contribution in [0.15, 0.2) is 28.6 Å². The molecule has 0 spiro atoms. The van der Waals surface area contributed by atoms with Crippen LogP contribution in [-0.4, -0.2) is 27.8 Å². The fraction of sp³-hybridized carbons (Fsp3) is 0.375. The molecule has 1 heterocycles. The topological polar surface area (TPSA) is 84.0 Å². The van der Waals surface area contributed by atoms with Crippen molar-refractivity contribution in [3.05, 3.63) is 30.1 Å².